The van der Waals surface area contributed by atoms with Crippen LogP contribution in [-0.4, -0.2) is 19.1 Å². The van der Waals surface area contributed by atoms with Crippen LogP contribution in [0.2, 0.25) is 0 Å². The summed E-state index contributed by atoms with van der Waals surface area (Å²) in [5, 5.41) is 9.09. The monoisotopic (exact) mass is 269 g/mol. The molecule has 1 aliphatic heterocycles. The van der Waals surface area contributed by atoms with Gasteiger partial charge in [-0.25, -0.2) is 0 Å². The van der Waals surface area contributed by atoms with Gasteiger partial charge < -0.3 is 0 Å². The van der Waals surface area contributed by atoms with Crippen molar-refractivity contribution in [2.24, 2.45) is 0 Å². The van der Waals surface area contributed by atoms with E-state index in [0.29, 0.717) is 21.2 Å². The van der Waals surface area contributed by atoms with Gasteiger partial charge in [-0.15, -0.1) is 0 Å². The molecule has 0 radical (unpaired) electrons. The third-order valence-corrected chi connectivity index (χ3v) is 6.28. The molecule has 0 amide bonds. The predicted molar refractivity (Wildman–Crippen MR) is 43.4 cm³/mol. The molecule has 0 bridgehead atoms. The molecular formula is C9H18IO-. The zero-order valence-corrected chi connectivity index (χ0v) is 9.54. The van der Waals surface area contributed by atoms with Gasteiger partial charge in [-0.3, -0.25) is 0 Å². The molecule has 0 spiro atoms. The van der Waals surface area contributed by atoms with Gasteiger partial charge in [0, 0.05) is 0 Å². The second-order valence-corrected chi connectivity index (χ2v) is 8.11. The van der Waals surface area contributed by atoms with Crippen molar-refractivity contribution in [1.29, 1.82) is 0 Å². The molecule has 1 nitrogen and oxygen atoms in total. The van der Waals surface area contributed by atoms with Crippen LogP contribution in [0, 0.1) is 0 Å². The minimum absolute atomic E-state index is 0.0742. The van der Waals surface area contributed by atoms with Crippen molar-refractivity contribution < 1.29 is 26.3 Å². The van der Waals surface area contributed by atoms with Crippen LogP contribution >= 0.6 is 0 Å². The molecule has 0 aliphatic carbocycles. The summed E-state index contributed by atoms with van der Waals surface area (Å²) in [6.07, 6.45) is 5.14. The molecule has 1 N–H and O–H groups in total. The number of alkyl halides is 2. The molecular weight excluding hydrogens is 251 g/mol. The van der Waals surface area contributed by atoms with Crippen LogP contribution in [0.25, 0.3) is 0 Å². The van der Waals surface area contributed by atoms with Crippen molar-refractivity contribution >= 4 is 0 Å². The van der Waals surface area contributed by atoms with E-state index in [1.165, 1.54) is 19.3 Å². The summed E-state index contributed by atoms with van der Waals surface area (Å²) in [7, 11) is 0. The van der Waals surface area contributed by atoms with Gasteiger partial charge in [-0.1, -0.05) is 0 Å². The molecule has 1 saturated heterocycles. The van der Waals surface area contributed by atoms with Crippen LogP contribution in [0.5, 0.6) is 0 Å². The first-order valence-electron chi connectivity index (χ1n) is 4.48. The number of hydrogen-bond donors (Lipinski definition) is 1. The third kappa shape index (κ3) is 3.74. The molecule has 68 valence electrons. The van der Waals surface area contributed by atoms with Gasteiger partial charge in [-0.2, -0.15) is 0 Å². The van der Waals surface area contributed by atoms with E-state index >= 15 is 0 Å². The Morgan fingerprint density at radius 2 is 2.27 bits per heavy atom. The minimum atomic E-state index is -0.0742. The fraction of sp³-hybridized carbons (Fsp3) is 1.00. The van der Waals surface area contributed by atoms with Crippen LogP contribution in [0.3, 0.4) is 0 Å². The van der Waals surface area contributed by atoms with Gasteiger partial charge in [0.2, 0.25) is 0 Å². The Bertz CT molecular complexity index is 114. The first kappa shape index (κ1) is 9.78. The Balaban J connectivity index is 2.08. The van der Waals surface area contributed by atoms with Gasteiger partial charge in [0.1, 0.15) is 0 Å². The summed E-state index contributed by atoms with van der Waals surface area (Å²) in [4.78, 5) is 0. The van der Waals surface area contributed by atoms with Crippen molar-refractivity contribution in [2.75, 3.05) is 0 Å². The van der Waals surface area contributed by atoms with Gasteiger partial charge in [0.15, 0.2) is 0 Å². The van der Waals surface area contributed by atoms with E-state index in [9.17, 15) is 0 Å². The van der Waals surface area contributed by atoms with Crippen molar-refractivity contribution in [1.82, 2.24) is 0 Å². The Morgan fingerprint density at radius 3 is 2.73 bits per heavy atom. The summed E-state index contributed by atoms with van der Waals surface area (Å²) >= 11 is 0.470. The van der Waals surface area contributed by atoms with E-state index in [1.807, 2.05) is 6.92 Å². The maximum atomic E-state index is 9.09. The number of hydrogen-bond acceptors (Lipinski definition) is 1. The van der Waals surface area contributed by atoms with Crippen molar-refractivity contribution in [3.63, 3.8) is 0 Å². The van der Waals surface area contributed by atoms with Gasteiger partial charge in [0.25, 0.3) is 0 Å². The van der Waals surface area contributed by atoms with Gasteiger partial charge in [-0.05, 0) is 0 Å². The summed E-state index contributed by atoms with van der Waals surface area (Å²) in [5.74, 6) is 0. The van der Waals surface area contributed by atoms with E-state index in [4.69, 9.17) is 5.11 Å². The average molecular weight is 269 g/mol. The van der Waals surface area contributed by atoms with Crippen molar-refractivity contribution in [3.8, 4) is 0 Å². The zero-order valence-electron chi connectivity index (χ0n) is 7.39. The van der Waals surface area contributed by atoms with E-state index in [0.717, 1.165) is 14.3 Å². The predicted octanol–water partition coefficient (Wildman–Crippen LogP) is -1.21. The number of aliphatic hydroxyl groups excluding tert-OH is 1. The molecule has 1 unspecified atom stereocenters. The second kappa shape index (κ2) is 4.65. The fourth-order valence-corrected chi connectivity index (χ4v) is 5.36. The van der Waals surface area contributed by atoms with Gasteiger partial charge in [0.05, 0.1) is 0 Å². The van der Waals surface area contributed by atoms with Crippen LogP contribution in [-0.2, 0) is 0 Å². The van der Waals surface area contributed by atoms with Crippen LogP contribution < -0.4 is 21.2 Å². The van der Waals surface area contributed by atoms with Gasteiger partial charge >= 0.3 is 79.8 Å². The molecule has 1 rings (SSSR count). The fourth-order valence-electron chi connectivity index (χ4n) is 1.47. The van der Waals surface area contributed by atoms with E-state index < -0.39 is 0 Å². The summed E-state index contributed by atoms with van der Waals surface area (Å²) in [6.45, 7) is 4.28. The number of halogens is 1. The average Bonchev–Trinajstić information content (AvgIpc) is 2.31. The van der Waals surface area contributed by atoms with Crippen LogP contribution in [0.1, 0.15) is 39.5 Å². The molecule has 1 aliphatic rings. The van der Waals surface area contributed by atoms with E-state index in [2.05, 4.69) is 6.92 Å². The first-order valence-corrected chi connectivity index (χ1v) is 6.97. The normalized spacial score (nSPS) is 34.8. The molecule has 0 saturated carbocycles. The zero-order chi connectivity index (χ0) is 8.27. The molecule has 0 aromatic heterocycles. The number of aliphatic hydroxyl groups is 1. The maximum absolute atomic E-state index is 9.09. The van der Waals surface area contributed by atoms with Crippen molar-refractivity contribution in [2.45, 2.75) is 53.5 Å². The summed E-state index contributed by atoms with van der Waals surface area (Å²) < 4.78 is 2.08. The quantitative estimate of drug-likeness (QED) is 0.503. The SMILES string of the molecule is CC(O)CC[C@@H]1CC[C@H](C)[I-]1. The third-order valence-electron chi connectivity index (χ3n) is 2.17. The Kier molecular flexibility index (Phi) is 4.13. The van der Waals surface area contributed by atoms with Crippen LogP contribution in [0.15, 0.2) is 0 Å². The first-order chi connectivity index (χ1) is 5.18. The van der Waals surface area contributed by atoms with E-state index in [1.54, 1.807) is 0 Å². The van der Waals surface area contributed by atoms with Crippen LogP contribution in [0.4, 0.5) is 0 Å². The molecule has 0 aromatic rings. The molecule has 3 atom stereocenters. The second-order valence-electron chi connectivity index (χ2n) is 3.51. The summed E-state index contributed by atoms with van der Waals surface area (Å²) in [5.41, 5.74) is 0. The standard InChI is InChI=1S/C9H18IO/c1-7-3-5-9(10-7)6-4-8(2)11/h7-9,11H,3-6H2,1-2H3/q-1/t7-,8?,9-/m0/s1. The van der Waals surface area contributed by atoms with E-state index in [-0.39, 0.29) is 6.10 Å². The Morgan fingerprint density at radius 1 is 1.55 bits per heavy atom. The molecule has 0 aromatic carbocycles. The molecule has 1 heterocycles. The molecule has 2 heteroatoms. The Hall–Kier alpha value is 0.690. The summed E-state index contributed by atoms with van der Waals surface area (Å²) in [6, 6.07) is 0. The topological polar surface area (TPSA) is 20.2 Å². The molecule has 11 heavy (non-hydrogen) atoms. The number of rotatable bonds is 3. The Labute approximate surface area is 79.8 Å². The van der Waals surface area contributed by atoms with Crippen molar-refractivity contribution in [3.05, 3.63) is 0 Å². The molecule has 1 fully saturated rings.